The van der Waals surface area contributed by atoms with Crippen LogP contribution in [0.3, 0.4) is 0 Å². The number of nitrogens with zero attached hydrogens (tertiary/aromatic N) is 2. The summed E-state index contributed by atoms with van der Waals surface area (Å²) in [6.45, 7) is 6.19. The first-order valence-electron chi connectivity index (χ1n) is 12.3. The second-order valence-corrected chi connectivity index (χ2v) is 11.5. The minimum atomic E-state index is -3.72. The van der Waals surface area contributed by atoms with Crippen LogP contribution >= 0.6 is 0 Å². The van der Waals surface area contributed by atoms with Gasteiger partial charge in [0, 0.05) is 31.9 Å². The number of hydrogen-bond acceptors (Lipinski definition) is 6. The molecule has 1 unspecified atom stereocenters. The molecule has 9 nitrogen and oxygen atoms in total. The van der Waals surface area contributed by atoms with E-state index in [1.807, 2.05) is 32.0 Å². The molecule has 0 aliphatic carbocycles. The Bertz CT molecular complexity index is 1240. The van der Waals surface area contributed by atoms with Crippen LogP contribution in [0, 0.1) is 13.8 Å². The number of carbonyl (C=O) groups excluding carboxylic acids is 1. The number of benzene rings is 2. The van der Waals surface area contributed by atoms with Crippen LogP contribution in [0.1, 0.15) is 34.3 Å². The first-order chi connectivity index (χ1) is 17.2. The zero-order chi connectivity index (χ0) is 25.5. The van der Waals surface area contributed by atoms with Gasteiger partial charge in [-0.25, -0.2) is 0 Å². The molecule has 5 rings (SSSR count). The van der Waals surface area contributed by atoms with Crippen LogP contribution in [0.5, 0.6) is 5.75 Å². The number of ether oxygens (including phenoxy) is 3. The molecule has 3 heterocycles. The summed E-state index contributed by atoms with van der Waals surface area (Å²) in [6, 6.07) is 12.7. The van der Waals surface area contributed by atoms with Crippen LogP contribution in [0.4, 0.5) is 5.69 Å². The number of anilines is 1. The van der Waals surface area contributed by atoms with E-state index in [9.17, 15) is 13.2 Å². The lowest BCUT2D eigenvalue weighted by Gasteiger charge is -2.47. The van der Waals surface area contributed by atoms with Crippen molar-refractivity contribution in [1.82, 2.24) is 9.21 Å². The monoisotopic (exact) mass is 515 g/mol. The highest BCUT2D eigenvalue weighted by atomic mass is 32.2. The standard InChI is InChI=1S/C26H33N3O6S/c1-18-7-8-19(2)22(13-18)25(30)28-15-23(33-3)24(16-28)35-21-6-4-5-20(14-21)27-36(31,32)29-11-9-26(29)10-12-34-17-26/h4-8,13-14,23-24,27H,9-12,15-17H2,1-3H3/t23-,24-,26?/m1/s1. The Morgan fingerprint density at radius 3 is 2.61 bits per heavy atom. The third-order valence-electron chi connectivity index (χ3n) is 7.48. The van der Waals surface area contributed by atoms with Crippen molar-refractivity contribution in [2.45, 2.75) is 44.4 Å². The van der Waals surface area contributed by atoms with Gasteiger partial charge in [0.1, 0.15) is 18.0 Å². The predicted molar refractivity (Wildman–Crippen MR) is 136 cm³/mol. The molecule has 0 bridgehead atoms. The second-order valence-electron chi connectivity index (χ2n) is 9.94. The molecule has 2 aromatic carbocycles. The zero-order valence-corrected chi connectivity index (χ0v) is 21.7. The predicted octanol–water partition coefficient (Wildman–Crippen LogP) is 2.74. The highest BCUT2D eigenvalue weighted by Crippen LogP contribution is 2.40. The summed E-state index contributed by atoms with van der Waals surface area (Å²) in [5.41, 5.74) is 2.64. The van der Waals surface area contributed by atoms with Crippen LogP contribution in [0.15, 0.2) is 42.5 Å². The lowest BCUT2D eigenvalue weighted by atomic mass is 9.87. The van der Waals surface area contributed by atoms with E-state index < -0.39 is 15.7 Å². The van der Waals surface area contributed by atoms with Gasteiger partial charge in [-0.1, -0.05) is 23.8 Å². The van der Waals surface area contributed by atoms with Gasteiger partial charge in [0.05, 0.1) is 30.9 Å². The summed E-state index contributed by atoms with van der Waals surface area (Å²) < 4.78 is 47.6. The summed E-state index contributed by atoms with van der Waals surface area (Å²) in [6.07, 6.45) is 0.844. The first kappa shape index (κ1) is 25.0. The van der Waals surface area contributed by atoms with Gasteiger partial charge in [-0.3, -0.25) is 9.52 Å². The van der Waals surface area contributed by atoms with Crippen molar-refractivity contribution < 1.29 is 27.4 Å². The fourth-order valence-electron chi connectivity index (χ4n) is 5.28. The normalized spacial score (nSPS) is 26.2. The Morgan fingerprint density at radius 2 is 1.92 bits per heavy atom. The van der Waals surface area contributed by atoms with Crippen molar-refractivity contribution in [1.29, 1.82) is 0 Å². The van der Waals surface area contributed by atoms with Crippen molar-refractivity contribution >= 4 is 21.8 Å². The molecule has 0 aromatic heterocycles. The Hall–Kier alpha value is -2.66. The van der Waals surface area contributed by atoms with E-state index in [0.29, 0.717) is 56.3 Å². The summed E-state index contributed by atoms with van der Waals surface area (Å²) in [4.78, 5) is 15.0. The van der Waals surface area contributed by atoms with Crippen LogP contribution < -0.4 is 9.46 Å². The zero-order valence-electron chi connectivity index (χ0n) is 20.9. The quantitative estimate of drug-likeness (QED) is 0.609. The van der Waals surface area contributed by atoms with Crippen molar-refractivity contribution in [2.75, 3.05) is 44.7 Å². The molecule has 10 heteroatoms. The maximum Gasteiger partial charge on any atom is 0.302 e. The number of rotatable bonds is 7. The average molecular weight is 516 g/mol. The molecule has 3 atom stereocenters. The smallest absolute Gasteiger partial charge is 0.302 e. The molecule has 1 spiro atoms. The van der Waals surface area contributed by atoms with E-state index in [1.54, 1.807) is 36.3 Å². The molecule has 2 aromatic rings. The van der Waals surface area contributed by atoms with Gasteiger partial charge < -0.3 is 19.1 Å². The van der Waals surface area contributed by atoms with E-state index in [2.05, 4.69) is 4.72 Å². The third kappa shape index (κ3) is 4.70. The van der Waals surface area contributed by atoms with E-state index >= 15 is 0 Å². The molecule has 3 aliphatic heterocycles. The second kappa shape index (κ2) is 9.66. The third-order valence-corrected chi connectivity index (χ3v) is 9.12. The molecule has 0 radical (unpaired) electrons. The van der Waals surface area contributed by atoms with Gasteiger partial charge >= 0.3 is 10.2 Å². The van der Waals surface area contributed by atoms with Gasteiger partial charge in [0.25, 0.3) is 5.91 Å². The summed E-state index contributed by atoms with van der Waals surface area (Å²) in [5.74, 6) is 0.455. The maximum absolute atomic E-state index is 13.2. The van der Waals surface area contributed by atoms with Gasteiger partial charge in [-0.05, 0) is 50.5 Å². The van der Waals surface area contributed by atoms with E-state index in [-0.39, 0.29) is 18.1 Å². The lowest BCUT2D eigenvalue weighted by Crippen LogP contribution is -2.63. The Balaban J connectivity index is 1.27. The van der Waals surface area contributed by atoms with Gasteiger partial charge in [0.15, 0.2) is 0 Å². The number of methoxy groups -OCH3 is 1. The van der Waals surface area contributed by atoms with Crippen molar-refractivity contribution in [3.8, 4) is 5.75 Å². The number of likely N-dealkylation sites (tertiary alicyclic amines) is 1. The van der Waals surface area contributed by atoms with E-state index in [1.165, 1.54) is 4.31 Å². The molecule has 3 fully saturated rings. The summed E-state index contributed by atoms with van der Waals surface area (Å²) in [5, 5.41) is 0. The number of hydrogen-bond donors (Lipinski definition) is 1. The molecule has 3 aliphatic rings. The van der Waals surface area contributed by atoms with Crippen molar-refractivity contribution in [3.05, 3.63) is 59.2 Å². The molecule has 194 valence electrons. The minimum absolute atomic E-state index is 0.0507. The maximum atomic E-state index is 13.2. The SMILES string of the molecule is CO[C@@H]1CN(C(=O)c2cc(C)ccc2C)C[C@H]1Oc1cccc(NS(=O)(=O)N2CCC23CCOC3)c1. The summed E-state index contributed by atoms with van der Waals surface area (Å²) >= 11 is 0. The van der Waals surface area contributed by atoms with Crippen LogP contribution in [0.2, 0.25) is 0 Å². The minimum Gasteiger partial charge on any atom is -0.486 e. The fourth-order valence-corrected chi connectivity index (χ4v) is 6.89. The molecule has 1 amide bonds. The number of aryl methyl sites for hydroxylation is 2. The average Bonchev–Trinajstić information content (AvgIpc) is 3.48. The van der Waals surface area contributed by atoms with Crippen LogP contribution in [0.25, 0.3) is 0 Å². The van der Waals surface area contributed by atoms with Crippen LogP contribution in [-0.2, 0) is 19.7 Å². The highest BCUT2D eigenvalue weighted by molar-refractivity contribution is 7.90. The molecular weight excluding hydrogens is 482 g/mol. The van der Waals surface area contributed by atoms with Crippen molar-refractivity contribution in [3.63, 3.8) is 0 Å². The van der Waals surface area contributed by atoms with Crippen LogP contribution in [-0.4, -0.2) is 81.2 Å². The largest absolute Gasteiger partial charge is 0.486 e. The van der Waals surface area contributed by atoms with Gasteiger partial charge in [-0.15, -0.1) is 0 Å². The Morgan fingerprint density at radius 1 is 1.11 bits per heavy atom. The topological polar surface area (TPSA) is 97.4 Å². The number of carbonyl (C=O) groups is 1. The lowest BCUT2D eigenvalue weighted by molar-refractivity contribution is 0.0340. The van der Waals surface area contributed by atoms with E-state index in [4.69, 9.17) is 14.2 Å². The van der Waals surface area contributed by atoms with Gasteiger partial charge in [0.2, 0.25) is 0 Å². The van der Waals surface area contributed by atoms with E-state index in [0.717, 1.165) is 17.5 Å². The molecule has 1 N–H and O–H groups in total. The fraction of sp³-hybridized carbons (Fsp3) is 0.500. The Kier molecular flexibility index (Phi) is 6.71. The highest BCUT2D eigenvalue weighted by Gasteiger charge is 2.53. The number of amides is 1. The number of nitrogens with one attached hydrogen (secondary N) is 1. The summed E-state index contributed by atoms with van der Waals surface area (Å²) in [7, 11) is -2.11. The van der Waals surface area contributed by atoms with Gasteiger partial charge in [-0.2, -0.15) is 12.7 Å². The van der Waals surface area contributed by atoms with Crippen molar-refractivity contribution in [2.24, 2.45) is 0 Å². The first-order valence-corrected chi connectivity index (χ1v) is 13.7. The Labute approximate surface area is 212 Å². The molecule has 36 heavy (non-hydrogen) atoms. The molecule has 3 saturated heterocycles. The molecular formula is C26H33N3O6S. The molecule has 0 saturated carbocycles.